The molecule has 10 nitrogen and oxygen atoms in total. The molecule has 2 atom stereocenters. The van der Waals surface area contributed by atoms with Crippen LogP contribution in [0.5, 0.6) is 0 Å². The molecule has 2 aromatic rings. The Hall–Kier alpha value is -3.62. The number of amides is 1. The predicted octanol–water partition coefficient (Wildman–Crippen LogP) is 1.55. The number of sulfonamides is 1. The summed E-state index contributed by atoms with van der Waals surface area (Å²) in [5.74, 6) is -0.289. The molecule has 5 N–H and O–H groups in total. The lowest BCUT2D eigenvalue weighted by atomic mass is 10.1. The molecule has 2 rings (SSSR count). The minimum absolute atomic E-state index is 0.0456. The predicted molar refractivity (Wildman–Crippen MR) is 122 cm³/mol. The summed E-state index contributed by atoms with van der Waals surface area (Å²) in [6, 6.07) is 16.1. The van der Waals surface area contributed by atoms with E-state index in [-0.39, 0.29) is 30.4 Å². The molecule has 176 valence electrons. The molecule has 0 aliphatic rings. The molecule has 0 aliphatic heterocycles. The zero-order valence-electron chi connectivity index (χ0n) is 18.1. The fourth-order valence-electron chi connectivity index (χ4n) is 2.77. The first-order valence-corrected chi connectivity index (χ1v) is 11.6. The van der Waals surface area contributed by atoms with E-state index < -0.39 is 28.3 Å². The van der Waals surface area contributed by atoms with E-state index in [9.17, 15) is 18.3 Å². The molecule has 2 aromatic carbocycles. The number of nitrogens with one attached hydrogen (secondary N) is 2. The maximum Gasteiger partial charge on any atom is 0.407 e. The summed E-state index contributed by atoms with van der Waals surface area (Å²) < 4.78 is 31.9. The molecule has 0 saturated heterocycles. The van der Waals surface area contributed by atoms with E-state index in [0.717, 1.165) is 11.1 Å². The van der Waals surface area contributed by atoms with Gasteiger partial charge in [0.05, 0.1) is 17.0 Å². The molecule has 0 aliphatic carbocycles. The van der Waals surface area contributed by atoms with Crippen LogP contribution in [0.4, 0.5) is 4.79 Å². The van der Waals surface area contributed by atoms with E-state index in [1.165, 1.54) is 12.1 Å². The van der Waals surface area contributed by atoms with Crippen molar-refractivity contribution in [2.75, 3.05) is 6.54 Å². The van der Waals surface area contributed by atoms with Gasteiger partial charge in [-0.05, 0) is 37.5 Å². The van der Waals surface area contributed by atoms with Crippen LogP contribution in [0.25, 0.3) is 0 Å². The minimum atomic E-state index is -3.85. The van der Waals surface area contributed by atoms with Gasteiger partial charge >= 0.3 is 6.09 Å². The topological polar surface area (TPSA) is 167 Å². The number of nitrogens with zero attached hydrogens (tertiary/aromatic N) is 2. The van der Waals surface area contributed by atoms with Crippen molar-refractivity contribution in [3.63, 3.8) is 0 Å². The second-order valence-corrected chi connectivity index (χ2v) is 8.90. The fourth-order valence-corrected chi connectivity index (χ4v) is 3.72. The Labute approximate surface area is 193 Å². The number of aryl methyl sites for hydroxylation is 1. The van der Waals surface area contributed by atoms with E-state index in [1.54, 1.807) is 30.3 Å². The smallest absolute Gasteiger partial charge is 0.407 e. The zero-order valence-corrected chi connectivity index (χ0v) is 19.0. The summed E-state index contributed by atoms with van der Waals surface area (Å²) in [6.45, 7) is 2.00. The van der Waals surface area contributed by atoms with E-state index >= 15 is 0 Å². The number of aliphatic hydroxyl groups excluding tert-OH is 1. The van der Waals surface area contributed by atoms with Crippen LogP contribution in [0.3, 0.4) is 0 Å². The van der Waals surface area contributed by atoms with Crippen molar-refractivity contribution in [1.29, 1.82) is 5.26 Å². The maximum atomic E-state index is 12.3. The normalized spacial score (nSPS) is 13.4. The molecular weight excluding hydrogens is 446 g/mol. The monoisotopic (exact) mass is 473 g/mol. The van der Waals surface area contributed by atoms with Gasteiger partial charge in [-0.2, -0.15) is 5.26 Å². The SMILES string of the molecule is Cc1ccc(S(=O)(=O)NC(N)=NCCC[C@H](NC(=O)OCc2ccccc2)C(O)C#N)cc1. The zero-order chi connectivity index (χ0) is 24.3. The molecule has 0 radical (unpaired) electrons. The number of carbonyl (C=O) groups excluding carboxylic acids is 1. The first-order valence-electron chi connectivity index (χ1n) is 10.2. The van der Waals surface area contributed by atoms with Crippen molar-refractivity contribution in [2.45, 2.75) is 43.4 Å². The number of benzene rings is 2. The molecule has 0 aromatic heterocycles. The Morgan fingerprint density at radius 1 is 1.21 bits per heavy atom. The lowest BCUT2D eigenvalue weighted by Gasteiger charge is -2.19. The number of hydrogen-bond donors (Lipinski definition) is 4. The molecule has 0 spiro atoms. The van der Waals surface area contributed by atoms with Crippen molar-refractivity contribution in [1.82, 2.24) is 10.0 Å². The molecule has 33 heavy (non-hydrogen) atoms. The third kappa shape index (κ3) is 8.80. The highest BCUT2D eigenvalue weighted by Crippen LogP contribution is 2.10. The van der Waals surface area contributed by atoms with Gasteiger partial charge in [0.15, 0.2) is 6.10 Å². The number of ether oxygens (including phenoxy) is 1. The molecule has 1 unspecified atom stereocenters. The Balaban J connectivity index is 1.83. The number of guanidine groups is 1. The van der Waals surface area contributed by atoms with E-state index in [2.05, 4.69) is 15.0 Å². The van der Waals surface area contributed by atoms with Crippen LogP contribution < -0.4 is 15.8 Å². The summed E-state index contributed by atoms with van der Waals surface area (Å²) in [5, 5.41) is 21.3. The van der Waals surface area contributed by atoms with Gasteiger partial charge in [-0.1, -0.05) is 48.0 Å². The number of carbonyl (C=O) groups is 1. The quantitative estimate of drug-likeness (QED) is 0.176. The first-order chi connectivity index (χ1) is 15.7. The summed E-state index contributed by atoms with van der Waals surface area (Å²) in [7, 11) is -3.85. The van der Waals surface area contributed by atoms with Crippen molar-refractivity contribution >= 4 is 22.1 Å². The van der Waals surface area contributed by atoms with Gasteiger partial charge in [-0.15, -0.1) is 0 Å². The molecular formula is C22H27N5O5S. The standard InChI is InChI=1S/C22H27N5O5S/c1-16-9-11-18(12-10-16)33(30,31)27-21(24)25-13-5-8-19(20(28)14-23)26-22(29)32-15-17-6-3-2-4-7-17/h2-4,6-7,9-12,19-20,28H,5,8,13,15H2,1H3,(H,26,29)(H3,24,25,27)/t19-,20?/m0/s1. The molecule has 0 fully saturated rings. The van der Waals surface area contributed by atoms with Gasteiger partial charge in [0.1, 0.15) is 6.61 Å². The van der Waals surface area contributed by atoms with Crippen LogP contribution in [0.2, 0.25) is 0 Å². The van der Waals surface area contributed by atoms with Crippen LogP contribution in [-0.2, 0) is 21.4 Å². The number of alkyl carbamates (subject to hydrolysis) is 1. The lowest BCUT2D eigenvalue weighted by molar-refractivity contribution is 0.117. The van der Waals surface area contributed by atoms with Gasteiger partial charge in [-0.3, -0.25) is 4.99 Å². The van der Waals surface area contributed by atoms with Gasteiger partial charge in [0, 0.05) is 6.54 Å². The largest absolute Gasteiger partial charge is 0.445 e. The van der Waals surface area contributed by atoms with Crippen LogP contribution in [0.1, 0.15) is 24.0 Å². The molecule has 11 heteroatoms. The summed E-state index contributed by atoms with van der Waals surface area (Å²) in [4.78, 5) is 16.0. The van der Waals surface area contributed by atoms with Gasteiger partial charge in [-0.25, -0.2) is 17.9 Å². The Kier molecular flexibility index (Phi) is 9.65. The lowest BCUT2D eigenvalue weighted by Crippen LogP contribution is -2.43. The Morgan fingerprint density at radius 2 is 1.88 bits per heavy atom. The summed E-state index contributed by atoms with van der Waals surface area (Å²) >= 11 is 0. The van der Waals surface area contributed by atoms with E-state index in [4.69, 9.17) is 15.7 Å². The number of hydrogen-bond acceptors (Lipinski definition) is 7. The third-order valence-electron chi connectivity index (χ3n) is 4.56. The minimum Gasteiger partial charge on any atom is -0.445 e. The van der Waals surface area contributed by atoms with E-state index in [1.807, 2.05) is 25.1 Å². The van der Waals surface area contributed by atoms with Crippen molar-refractivity contribution in [3.05, 3.63) is 65.7 Å². The third-order valence-corrected chi connectivity index (χ3v) is 5.93. The Morgan fingerprint density at radius 3 is 2.52 bits per heavy atom. The summed E-state index contributed by atoms with van der Waals surface area (Å²) in [5.41, 5.74) is 7.39. The van der Waals surface area contributed by atoms with E-state index in [0.29, 0.717) is 6.42 Å². The van der Waals surface area contributed by atoms with Gasteiger partial charge in [0.25, 0.3) is 10.0 Å². The van der Waals surface area contributed by atoms with Crippen molar-refractivity contribution in [3.8, 4) is 6.07 Å². The van der Waals surface area contributed by atoms with Gasteiger partial charge < -0.3 is 20.9 Å². The average molecular weight is 474 g/mol. The van der Waals surface area contributed by atoms with Crippen LogP contribution >= 0.6 is 0 Å². The number of nitriles is 1. The molecule has 0 saturated carbocycles. The average Bonchev–Trinajstić information content (AvgIpc) is 2.79. The number of aliphatic hydroxyl groups is 1. The number of nitrogens with two attached hydrogens (primary N) is 1. The summed E-state index contributed by atoms with van der Waals surface area (Å²) in [6.07, 6.45) is -1.71. The maximum absolute atomic E-state index is 12.3. The Bertz CT molecular complexity index is 1080. The number of aliphatic imine (C=N–C) groups is 1. The van der Waals surface area contributed by atoms with Crippen LogP contribution in [-0.4, -0.2) is 44.3 Å². The first kappa shape index (κ1) is 25.6. The molecule has 0 bridgehead atoms. The highest BCUT2D eigenvalue weighted by Gasteiger charge is 2.21. The highest BCUT2D eigenvalue weighted by atomic mass is 32.2. The highest BCUT2D eigenvalue weighted by molar-refractivity contribution is 7.90. The molecule has 1 amide bonds. The van der Waals surface area contributed by atoms with Crippen LogP contribution in [0.15, 0.2) is 64.5 Å². The van der Waals surface area contributed by atoms with Gasteiger partial charge in [0.2, 0.25) is 5.96 Å². The molecule has 0 heterocycles. The van der Waals surface area contributed by atoms with Crippen molar-refractivity contribution in [2.24, 2.45) is 10.7 Å². The van der Waals surface area contributed by atoms with Crippen LogP contribution in [0, 0.1) is 18.3 Å². The second kappa shape index (κ2) is 12.4. The fraction of sp³-hybridized carbons (Fsp3) is 0.318. The number of rotatable bonds is 10. The van der Waals surface area contributed by atoms with Crippen molar-refractivity contribution < 1.29 is 23.1 Å². The second-order valence-electron chi connectivity index (χ2n) is 7.21.